The van der Waals surface area contributed by atoms with Gasteiger partial charge in [-0.1, -0.05) is 13.8 Å². The van der Waals surface area contributed by atoms with Crippen LogP contribution in [-0.4, -0.2) is 43.8 Å². The molecule has 1 N–H and O–H groups in total. The second-order valence-electron chi connectivity index (χ2n) is 4.92. The summed E-state index contributed by atoms with van der Waals surface area (Å²) in [5.41, 5.74) is 0. The van der Waals surface area contributed by atoms with E-state index < -0.39 is 6.09 Å². The maximum Gasteiger partial charge on any atom is 0.407 e. The van der Waals surface area contributed by atoms with E-state index in [4.69, 9.17) is 5.26 Å². The topological polar surface area (TPSA) is 65.4 Å². The maximum atomic E-state index is 11.2. The van der Waals surface area contributed by atoms with Crippen molar-refractivity contribution in [3.63, 3.8) is 0 Å². The fourth-order valence-corrected chi connectivity index (χ4v) is 2.27. The highest BCUT2D eigenvalue weighted by atomic mass is 16.5. The molecule has 1 aliphatic rings. The zero-order chi connectivity index (χ0) is 12.8. The van der Waals surface area contributed by atoms with Gasteiger partial charge in [0.1, 0.15) is 0 Å². The van der Waals surface area contributed by atoms with E-state index in [0.717, 1.165) is 19.5 Å². The van der Waals surface area contributed by atoms with Crippen molar-refractivity contribution in [1.29, 1.82) is 5.26 Å². The van der Waals surface area contributed by atoms with Crippen LogP contribution in [-0.2, 0) is 4.74 Å². The highest BCUT2D eigenvalue weighted by Crippen LogP contribution is 2.23. The number of hydrogen-bond donors (Lipinski definition) is 1. The van der Waals surface area contributed by atoms with E-state index in [1.54, 1.807) is 0 Å². The van der Waals surface area contributed by atoms with Crippen molar-refractivity contribution < 1.29 is 9.53 Å². The van der Waals surface area contributed by atoms with E-state index >= 15 is 0 Å². The predicted molar refractivity (Wildman–Crippen MR) is 64.3 cm³/mol. The third kappa shape index (κ3) is 4.23. The summed E-state index contributed by atoms with van der Waals surface area (Å²) in [6.07, 6.45) is 0.561. The van der Waals surface area contributed by atoms with Gasteiger partial charge in [0.25, 0.3) is 0 Å². The van der Waals surface area contributed by atoms with Crippen LogP contribution in [0.1, 0.15) is 20.3 Å². The first-order valence-electron chi connectivity index (χ1n) is 6.00. The van der Waals surface area contributed by atoms with Crippen LogP contribution in [0.25, 0.3) is 0 Å². The van der Waals surface area contributed by atoms with Gasteiger partial charge in [0.05, 0.1) is 19.7 Å². The molecule has 1 amide bonds. The summed E-state index contributed by atoms with van der Waals surface area (Å²) in [5.74, 6) is 1.07. The lowest BCUT2D eigenvalue weighted by Crippen LogP contribution is -2.51. The minimum atomic E-state index is -0.392. The first-order chi connectivity index (χ1) is 8.06. The number of carbonyl (C=O) groups excluding carboxylic acids is 1. The maximum absolute atomic E-state index is 11.2. The summed E-state index contributed by atoms with van der Waals surface area (Å²) >= 11 is 0. The molecule has 0 bridgehead atoms. The van der Waals surface area contributed by atoms with Gasteiger partial charge in [0, 0.05) is 19.1 Å². The van der Waals surface area contributed by atoms with Crippen molar-refractivity contribution in [3.05, 3.63) is 0 Å². The average molecular weight is 239 g/mol. The van der Waals surface area contributed by atoms with Crippen LogP contribution in [0, 0.1) is 23.2 Å². The number of carbonyl (C=O) groups is 1. The summed E-state index contributed by atoms with van der Waals surface area (Å²) in [4.78, 5) is 13.3. The summed E-state index contributed by atoms with van der Waals surface area (Å²) in [6, 6.07) is 2.25. The average Bonchev–Trinajstić information content (AvgIpc) is 2.29. The number of methoxy groups -OCH3 is 1. The summed E-state index contributed by atoms with van der Waals surface area (Å²) in [6.45, 7) is 6.44. The monoisotopic (exact) mass is 239 g/mol. The SMILES string of the molecule is COC(=O)NC1CC(C(C)C)CN(CC#N)C1. The van der Waals surface area contributed by atoms with Crippen molar-refractivity contribution in [1.82, 2.24) is 10.2 Å². The Labute approximate surface area is 103 Å². The molecule has 1 aliphatic heterocycles. The molecule has 0 aromatic rings. The van der Waals surface area contributed by atoms with Crippen LogP contribution in [0.15, 0.2) is 0 Å². The van der Waals surface area contributed by atoms with Crippen molar-refractivity contribution in [3.8, 4) is 6.07 Å². The third-order valence-corrected chi connectivity index (χ3v) is 3.30. The number of piperidine rings is 1. The van der Waals surface area contributed by atoms with Crippen LogP contribution >= 0.6 is 0 Å². The molecule has 5 heteroatoms. The summed E-state index contributed by atoms with van der Waals surface area (Å²) in [7, 11) is 1.37. The molecule has 1 saturated heterocycles. The second-order valence-corrected chi connectivity index (χ2v) is 4.92. The molecule has 17 heavy (non-hydrogen) atoms. The normalized spacial score (nSPS) is 25.4. The number of nitrogens with zero attached hydrogens (tertiary/aromatic N) is 2. The smallest absolute Gasteiger partial charge is 0.407 e. The molecule has 1 rings (SSSR count). The van der Waals surface area contributed by atoms with Crippen LogP contribution in [0.2, 0.25) is 0 Å². The van der Waals surface area contributed by atoms with E-state index in [9.17, 15) is 4.79 Å². The molecule has 0 aliphatic carbocycles. The standard InChI is InChI=1S/C12H21N3O2/c1-9(2)10-6-11(14-12(16)17-3)8-15(7-10)5-4-13/h9-11H,5-8H2,1-3H3,(H,14,16). The van der Waals surface area contributed by atoms with Gasteiger partial charge in [-0.3, -0.25) is 4.90 Å². The first kappa shape index (κ1) is 13.8. The molecular weight excluding hydrogens is 218 g/mol. The van der Waals surface area contributed by atoms with Gasteiger partial charge in [0.15, 0.2) is 0 Å². The second kappa shape index (κ2) is 6.45. The minimum Gasteiger partial charge on any atom is -0.453 e. The zero-order valence-corrected chi connectivity index (χ0v) is 10.8. The van der Waals surface area contributed by atoms with Gasteiger partial charge in [-0.25, -0.2) is 4.79 Å². The molecule has 0 radical (unpaired) electrons. The molecular formula is C12H21N3O2. The molecule has 2 unspecified atom stereocenters. The number of ether oxygens (including phenoxy) is 1. The van der Waals surface area contributed by atoms with Gasteiger partial charge < -0.3 is 10.1 Å². The number of nitrogens with one attached hydrogen (secondary N) is 1. The number of alkyl carbamates (subject to hydrolysis) is 1. The Morgan fingerprint density at radius 2 is 2.29 bits per heavy atom. The molecule has 96 valence electrons. The largest absolute Gasteiger partial charge is 0.453 e. The molecule has 0 aromatic carbocycles. The summed E-state index contributed by atoms with van der Waals surface area (Å²) < 4.78 is 4.61. The van der Waals surface area contributed by atoms with Crippen molar-refractivity contribution in [2.45, 2.75) is 26.3 Å². The van der Waals surface area contributed by atoms with Gasteiger partial charge >= 0.3 is 6.09 Å². The Morgan fingerprint density at radius 1 is 1.59 bits per heavy atom. The molecule has 0 saturated carbocycles. The Morgan fingerprint density at radius 3 is 2.82 bits per heavy atom. The molecule has 0 aromatic heterocycles. The molecule has 1 heterocycles. The minimum absolute atomic E-state index is 0.0805. The van der Waals surface area contributed by atoms with E-state index in [-0.39, 0.29) is 6.04 Å². The number of nitriles is 1. The number of hydrogen-bond acceptors (Lipinski definition) is 4. The Hall–Kier alpha value is -1.28. The highest BCUT2D eigenvalue weighted by molar-refractivity contribution is 5.67. The fourth-order valence-electron chi connectivity index (χ4n) is 2.27. The van der Waals surface area contributed by atoms with Crippen LogP contribution < -0.4 is 5.32 Å². The first-order valence-corrected chi connectivity index (χ1v) is 6.00. The Kier molecular flexibility index (Phi) is 5.23. The van der Waals surface area contributed by atoms with Gasteiger partial charge in [-0.15, -0.1) is 0 Å². The van der Waals surface area contributed by atoms with Crippen molar-refractivity contribution in [2.24, 2.45) is 11.8 Å². The Balaban J connectivity index is 2.58. The van der Waals surface area contributed by atoms with E-state index in [2.05, 4.69) is 34.9 Å². The Bertz CT molecular complexity index is 299. The van der Waals surface area contributed by atoms with E-state index in [1.807, 2.05) is 0 Å². The quantitative estimate of drug-likeness (QED) is 0.752. The highest BCUT2D eigenvalue weighted by Gasteiger charge is 2.29. The van der Waals surface area contributed by atoms with Crippen LogP contribution in [0.5, 0.6) is 0 Å². The van der Waals surface area contributed by atoms with Crippen molar-refractivity contribution in [2.75, 3.05) is 26.7 Å². The van der Waals surface area contributed by atoms with Crippen molar-refractivity contribution >= 4 is 6.09 Å². The molecule has 0 spiro atoms. The molecule has 5 nitrogen and oxygen atoms in total. The molecule has 1 fully saturated rings. The van der Waals surface area contributed by atoms with E-state index in [1.165, 1.54) is 7.11 Å². The lowest BCUT2D eigenvalue weighted by Gasteiger charge is -2.38. The zero-order valence-electron chi connectivity index (χ0n) is 10.8. The van der Waals surface area contributed by atoms with Gasteiger partial charge in [-0.2, -0.15) is 5.26 Å². The third-order valence-electron chi connectivity index (χ3n) is 3.30. The fraction of sp³-hybridized carbons (Fsp3) is 0.833. The van der Waals surface area contributed by atoms with Gasteiger partial charge in [-0.05, 0) is 18.3 Å². The van der Waals surface area contributed by atoms with Gasteiger partial charge in [0.2, 0.25) is 0 Å². The number of likely N-dealkylation sites (tertiary alicyclic amines) is 1. The lowest BCUT2D eigenvalue weighted by atomic mass is 9.85. The number of rotatable bonds is 3. The summed E-state index contributed by atoms with van der Waals surface area (Å²) in [5, 5.41) is 11.6. The predicted octanol–water partition coefficient (Wildman–Crippen LogP) is 1.21. The van der Waals surface area contributed by atoms with E-state index in [0.29, 0.717) is 18.4 Å². The lowest BCUT2D eigenvalue weighted by molar-refractivity contribution is 0.116. The van der Waals surface area contributed by atoms with Crippen LogP contribution in [0.3, 0.4) is 0 Å². The number of amides is 1. The molecule has 2 atom stereocenters. The van der Waals surface area contributed by atoms with Crippen LogP contribution in [0.4, 0.5) is 4.79 Å².